The molecule has 0 saturated carbocycles. The summed E-state index contributed by atoms with van der Waals surface area (Å²) in [6, 6.07) is 18.8. The Labute approximate surface area is 180 Å². The van der Waals surface area contributed by atoms with Crippen molar-refractivity contribution in [3.8, 4) is 17.0 Å². The van der Waals surface area contributed by atoms with E-state index in [2.05, 4.69) is 20.4 Å². The van der Waals surface area contributed by atoms with Crippen LogP contribution in [0.15, 0.2) is 60.7 Å². The van der Waals surface area contributed by atoms with Gasteiger partial charge in [0.05, 0.1) is 18.7 Å². The summed E-state index contributed by atoms with van der Waals surface area (Å²) in [5.41, 5.74) is 2.53. The van der Waals surface area contributed by atoms with Gasteiger partial charge in [0.25, 0.3) is 0 Å². The van der Waals surface area contributed by atoms with E-state index in [0.717, 1.165) is 47.9 Å². The maximum atomic E-state index is 12.7. The SMILES string of the molecule is COc1ccc(NC(=O)C2CCCN(c3ccc(-c4ccc(Cl)cc4)nn3)C2)cc1. The molecule has 6 nitrogen and oxygen atoms in total. The van der Waals surface area contributed by atoms with E-state index in [1.165, 1.54) is 0 Å². The van der Waals surface area contributed by atoms with E-state index in [1.807, 2.05) is 60.7 Å². The molecule has 7 heteroatoms. The molecule has 30 heavy (non-hydrogen) atoms. The molecule has 3 aromatic rings. The average molecular weight is 423 g/mol. The molecule has 1 aliphatic heterocycles. The van der Waals surface area contributed by atoms with Crippen molar-refractivity contribution in [1.29, 1.82) is 0 Å². The van der Waals surface area contributed by atoms with Crippen molar-refractivity contribution in [2.24, 2.45) is 5.92 Å². The highest BCUT2D eigenvalue weighted by molar-refractivity contribution is 6.30. The molecule has 0 spiro atoms. The van der Waals surface area contributed by atoms with E-state index >= 15 is 0 Å². The number of carbonyl (C=O) groups is 1. The van der Waals surface area contributed by atoms with E-state index in [4.69, 9.17) is 16.3 Å². The van der Waals surface area contributed by atoms with Crippen LogP contribution in [0.1, 0.15) is 12.8 Å². The fourth-order valence-electron chi connectivity index (χ4n) is 3.59. The van der Waals surface area contributed by atoms with Crippen LogP contribution >= 0.6 is 11.6 Å². The van der Waals surface area contributed by atoms with Crippen molar-refractivity contribution < 1.29 is 9.53 Å². The third-order valence-corrected chi connectivity index (χ3v) is 5.52. The average Bonchev–Trinajstić information content (AvgIpc) is 2.80. The molecule has 4 rings (SSSR count). The lowest BCUT2D eigenvalue weighted by atomic mass is 9.97. The van der Waals surface area contributed by atoms with Crippen LogP contribution in [0.25, 0.3) is 11.3 Å². The Morgan fingerprint density at radius 1 is 1.07 bits per heavy atom. The van der Waals surface area contributed by atoms with Gasteiger partial charge in [-0.3, -0.25) is 4.79 Å². The first-order chi connectivity index (χ1) is 14.6. The van der Waals surface area contributed by atoms with Gasteiger partial charge in [-0.25, -0.2) is 0 Å². The van der Waals surface area contributed by atoms with Gasteiger partial charge in [0.15, 0.2) is 5.82 Å². The van der Waals surface area contributed by atoms with Gasteiger partial charge in [0, 0.05) is 29.4 Å². The fraction of sp³-hybridized carbons (Fsp3) is 0.261. The highest BCUT2D eigenvalue weighted by atomic mass is 35.5. The molecule has 154 valence electrons. The maximum Gasteiger partial charge on any atom is 0.229 e. The van der Waals surface area contributed by atoms with Gasteiger partial charge in [-0.1, -0.05) is 23.7 Å². The summed E-state index contributed by atoms with van der Waals surface area (Å²) in [6.07, 6.45) is 1.79. The van der Waals surface area contributed by atoms with E-state index < -0.39 is 0 Å². The van der Waals surface area contributed by atoms with Gasteiger partial charge in [0.2, 0.25) is 5.91 Å². The maximum absolute atomic E-state index is 12.7. The topological polar surface area (TPSA) is 67.3 Å². The third-order valence-electron chi connectivity index (χ3n) is 5.26. The smallest absolute Gasteiger partial charge is 0.229 e. The first kappa shape index (κ1) is 20.2. The van der Waals surface area contributed by atoms with E-state index in [0.29, 0.717) is 11.6 Å². The highest BCUT2D eigenvalue weighted by Crippen LogP contribution is 2.25. The van der Waals surface area contributed by atoms with Crippen molar-refractivity contribution in [3.63, 3.8) is 0 Å². The second-order valence-electron chi connectivity index (χ2n) is 7.29. The Hall–Kier alpha value is -3.12. The number of nitrogens with zero attached hydrogens (tertiary/aromatic N) is 3. The number of methoxy groups -OCH3 is 1. The van der Waals surface area contributed by atoms with Crippen LogP contribution < -0.4 is 15.0 Å². The summed E-state index contributed by atoms with van der Waals surface area (Å²) in [7, 11) is 1.62. The lowest BCUT2D eigenvalue weighted by Crippen LogP contribution is -2.41. The molecule has 1 fully saturated rings. The molecule has 1 atom stereocenters. The minimum absolute atomic E-state index is 0.0237. The normalized spacial score (nSPS) is 16.2. The van der Waals surface area contributed by atoms with Gasteiger partial charge in [-0.05, 0) is 61.4 Å². The van der Waals surface area contributed by atoms with Crippen molar-refractivity contribution >= 4 is 29.0 Å². The van der Waals surface area contributed by atoms with Gasteiger partial charge >= 0.3 is 0 Å². The van der Waals surface area contributed by atoms with Crippen molar-refractivity contribution in [3.05, 3.63) is 65.7 Å². The lowest BCUT2D eigenvalue weighted by Gasteiger charge is -2.32. The molecule has 1 N–H and O–H groups in total. The number of piperidine rings is 1. The molecule has 1 aromatic heterocycles. The van der Waals surface area contributed by atoms with Crippen molar-refractivity contribution in [2.45, 2.75) is 12.8 Å². The zero-order valence-corrected chi connectivity index (χ0v) is 17.5. The number of anilines is 2. The van der Waals surface area contributed by atoms with Gasteiger partial charge in [-0.2, -0.15) is 0 Å². The number of aromatic nitrogens is 2. The Bertz CT molecular complexity index is 991. The predicted molar refractivity (Wildman–Crippen MR) is 119 cm³/mol. The first-order valence-electron chi connectivity index (χ1n) is 9.92. The number of halogens is 1. The largest absolute Gasteiger partial charge is 0.497 e. The van der Waals surface area contributed by atoms with Crippen LogP contribution in [0.3, 0.4) is 0 Å². The monoisotopic (exact) mass is 422 g/mol. The number of benzene rings is 2. The Morgan fingerprint density at radius 2 is 1.83 bits per heavy atom. The van der Waals surface area contributed by atoms with Crippen LogP contribution in [-0.2, 0) is 4.79 Å². The summed E-state index contributed by atoms with van der Waals surface area (Å²) < 4.78 is 5.16. The van der Waals surface area contributed by atoms with Crippen molar-refractivity contribution in [2.75, 3.05) is 30.4 Å². The third kappa shape index (κ3) is 4.71. The zero-order valence-electron chi connectivity index (χ0n) is 16.7. The van der Waals surface area contributed by atoms with E-state index in [-0.39, 0.29) is 11.8 Å². The molecular weight excluding hydrogens is 400 g/mol. The Morgan fingerprint density at radius 3 is 2.50 bits per heavy atom. The molecule has 2 heterocycles. The van der Waals surface area contributed by atoms with Crippen LogP contribution in [0.5, 0.6) is 5.75 Å². The van der Waals surface area contributed by atoms with E-state index in [1.54, 1.807) is 7.11 Å². The molecular formula is C23H23ClN4O2. The lowest BCUT2D eigenvalue weighted by molar-refractivity contribution is -0.120. The quantitative estimate of drug-likeness (QED) is 0.647. The number of nitrogens with one attached hydrogen (secondary N) is 1. The van der Waals surface area contributed by atoms with Crippen LogP contribution in [0.4, 0.5) is 11.5 Å². The van der Waals surface area contributed by atoms with Crippen LogP contribution in [0, 0.1) is 5.92 Å². The van der Waals surface area contributed by atoms with Gasteiger partial charge in [0.1, 0.15) is 5.75 Å². The number of hydrogen-bond donors (Lipinski definition) is 1. The summed E-state index contributed by atoms with van der Waals surface area (Å²) in [5.74, 6) is 1.47. The molecule has 0 aliphatic carbocycles. The summed E-state index contributed by atoms with van der Waals surface area (Å²) in [4.78, 5) is 14.9. The summed E-state index contributed by atoms with van der Waals surface area (Å²) >= 11 is 5.95. The van der Waals surface area contributed by atoms with Crippen molar-refractivity contribution in [1.82, 2.24) is 10.2 Å². The minimum atomic E-state index is -0.0985. The van der Waals surface area contributed by atoms with Gasteiger partial charge in [-0.15, -0.1) is 10.2 Å². The molecule has 0 radical (unpaired) electrons. The molecule has 1 unspecified atom stereocenters. The molecule has 0 bridgehead atoms. The molecule has 1 saturated heterocycles. The van der Waals surface area contributed by atoms with Crippen LogP contribution in [0.2, 0.25) is 5.02 Å². The standard InChI is InChI=1S/C23H23ClN4O2/c1-30-20-10-8-19(9-11-20)25-23(29)17-3-2-14-28(15-17)22-13-12-21(26-27-22)16-4-6-18(24)7-5-16/h4-13,17H,2-3,14-15H2,1H3,(H,25,29). The second-order valence-corrected chi connectivity index (χ2v) is 7.72. The number of hydrogen-bond acceptors (Lipinski definition) is 5. The minimum Gasteiger partial charge on any atom is -0.497 e. The Balaban J connectivity index is 1.40. The number of rotatable bonds is 5. The number of ether oxygens (including phenoxy) is 1. The molecule has 2 aromatic carbocycles. The molecule has 1 amide bonds. The first-order valence-corrected chi connectivity index (χ1v) is 10.3. The fourth-order valence-corrected chi connectivity index (χ4v) is 3.71. The predicted octanol–water partition coefficient (Wildman–Crippen LogP) is 4.66. The Kier molecular flexibility index (Phi) is 6.14. The summed E-state index contributed by atoms with van der Waals surface area (Å²) in [5, 5.41) is 12.4. The van der Waals surface area contributed by atoms with E-state index in [9.17, 15) is 4.79 Å². The molecule has 1 aliphatic rings. The number of amides is 1. The summed E-state index contributed by atoms with van der Waals surface area (Å²) in [6.45, 7) is 1.48. The second kappa shape index (κ2) is 9.13. The highest BCUT2D eigenvalue weighted by Gasteiger charge is 2.27. The zero-order chi connectivity index (χ0) is 20.9. The van der Waals surface area contributed by atoms with Crippen LogP contribution in [-0.4, -0.2) is 36.3 Å². The van der Waals surface area contributed by atoms with Gasteiger partial charge < -0.3 is 15.0 Å². The number of carbonyl (C=O) groups excluding carboxylic acids is 1.